The fraction of sp³-hybridized carbons (Fsp3) is 0.417. The van der Waals surface area contributed by atoms with Crippen molar-refractivity contribution in [2.24, 2.45) is 5.92 Å². The number of methoxy groups -OCH3 is 1. The van der Waals surface area contributed by atoms with Crippen LogP contribution in [0.3, 0.4) is 0 Å². The molecule has 2 amide bonds. The van der Waals surface area contributed by atoms with Crippen LogP contribution in [0.2, 0.25) is 0 Å². The van der Waals surface area contributed by atoms with Crippen LogP contribution in [0, 0.1) is 5.92 Å². The molecule has 0 spiro atoms. The van der Waals surface area contributed by atoms with Crippen molar-refractivity contribution in [2.75, 3.05) is 20.3 Å². The average Bonchev–Trinajstić information content (AvgIpc) is 3.57. The maximum Gasteiger partial charge on any atom is 0.420 e. The highest BCUT2D eigenvalue weighted by Gasteiger charge is 2.45. The summed E-state index contributed by atoms with van der Waals surface area (Å²) in [5.41, 5.74) is -1.31. The van der Waals surface area contributed by atoms with E-state index in [2.05, 4.69) is 10.6 Å². The largest absolute Gasteiger partial charge is 0.497 e. The maximum absolute atomic E-state index is 13.4. The minimum atomic E-state index is -4.61. The average molecular weight is 478 g/mol. The summed E-state index contributed by atoms with van der Waals surface area (Å²) in [5.74, 6) is -0.538. The number of hydrogen-bond donors (Lipinski definition) is 2. The van der Waals surface area contributed by atoms with Gasteiger partial charge in [-0.15, -0.1) is 0 Å². The highest BCUT2D eigenvalue weighted by atomic mass is 19.4. The summed E-state index contributed by atoms with van der Waals surface area (Å²) < 4.78 is 55.9. The molecule has 34 heavy (non-hydrogen) atoms. The van der Waals surface area contributed by atoms with Crippen molar-refractivity contribution in [1.29, 1.82) is 0 Å². The van der Waals surface area contributed by atoms with Gasteiger partial charge in [-0.25, -0.2) is 0 Å². The number of rotatable bonds is 8. The minimum Gasteiger partial charge on any atom is -0.497 e. The Bertz CT molecular complexity index is 1050. The summed E-state index contributed by atoms with van der Waals surface area (Å²) in [6.45, 7) is 0.680. The Hall–Kier alpha value is -3.27. The van der Waals surface area contributed by atoms with Crippen LogP contribution < -0.4 is 20.1 Å². The zero-order valence-corrected chi connectivity index (χ0v) is 18.5. The Morgan fingerprint density at radius 2 is 1.82 bits per heavy atom. The van der Waals surface area contributed by atoms with Gasteiger partial charge in [-0.05, 0) is 48.7 Å². The van der Waals surface area contributed by atoms with Gasteiger partial charge >= 0.3 is 6.18 Å². The van der Waals surface area contributed by atoms with E-state index in [0.29, 0.717) is 18.6 Å². The molecule has 1 atom stereocenters. The number of alkyl halides is 3. The molecule has 0 bridgehead atoms. The van der Waals surface area contributed by atoms with Gasteiger partial charge in [-0.1, -0.05) is 12.1 Å². The van der Waals surface area contributed by atoms with Gasteiger partial charge in [-0.2, -0.15) is 13.2 Å². The highest BCUT2D eigenvalue weighted by Crippen LogP contribution is 2.40. The molecule has 1 unspecified atom stereocenters. The first-order valence-electron chi connectivity index (χ1n) is 10.9. The molecule has 7 nitrogen and oxygen atoms in total. The van der Waals surface area contributed by atoms with Crippen molar-refractivity contribution < 1.29 is 37.0 Å². The van der Waals surface area contributed by atoms with E-state index in [1.165, 1.54) is 31.4 Å². The molecule has 182 valence electrons. The third-order valence-corrected chi connectivity index (χ3v) is 5.86. The van der Waals surface area contributed by atoms with Crippen molar-refractivity contribution in [1.82, 2.24) is 10.6 Å². The van der Waals surface area contributed by atoms with Crippen molar-refractivity contribution >= 4 is 11.8 Å². The van der Waals surface area contributed by atoms with Crippen LogP contribution in [-0.2, 0) is 27.0 Å². The second-order valence-electron chi connectivity index (χ2n) is 8.44. The first-order chi connectivity index (χ1) is 16.2. The number of carbonyl (C=O) groups excluding carboxylic acids is 2. The Kier molecular flexibility index (Phi) is 6.70. The van der Waals surface area contributed by atoms with Crippen LogP contribution in [0.5, 0.6) is 17.2 Å². The highest BCUT2D eigenvalue weighted by molar-refractivity contribution is 5.93. The number of halogens is 3. The van der Waals surface area contributed by atoms with E-state index in [1.54, 1.807) is 12.1 Å². The Morgan fingerprint density at radius 1 is 1.12 bits per heavy atom. The molecule has 2 N–H and O–H groups in total. The Balaban J connectivity index is 1.39. The number of benzene rings is 2. The lowest BCUT2D eigenvalue weighted by atomic mass is 9.96. The number of carbonyl (C=O) groups is 2. The molecule has 4 rings (SSSR count). The van der Waals surface area contributed by atoms with E-state index < -0.39 is 17.3 Å². The first kappa shape index (κ1) is 23.9. The molecule has 0 aromatic heterocycles. The van der Waals surface area contributed by atoms with Crippen LogP contribution >= 0.6 is 0 Å². The van der Waals surface area contributed by atoms with Gasteiger partial charge in [0.2, 0.25) is 11.8 Å². The van der Waals surface area contributed by atoms with Crippen LogP contribution in [0.1, 0.15) is 30.4 Å². The van der Waals surface area contributed by atoms with Gasteiger partial charge in [-0.3, -0.25) is 9.59 Å². The predicted molar refractivity (Wildman–Crippen MR) is 115 cm³/mol. The number of ether oxygens (including phenoxy) is 3. The lowest BCUT2D eigenvalue weighted by Crippen LogP contribution is -2.59. The van der Waals surface area contributed by atoms with Crippen molar-refractivity contribution in [2.45, 2.75) is 37.5 Å². The molecule has 2 fully saturated rings. The molecule has 2 aromatic rings. The van der Waals surface area contributed by atoms with Crippen LogP contribution in [-0.4, -0.2) is 37.7 Å². The lowest BCUT2D eigenvalue weighted by molar-refractivity contribution is -0.138. The summed E-state index contributed by atoms with van der Waals surface area (Å²) in [7, 11) is 1.29. The van der Waals surface area contributed by atoms with Crippen molar-refractivity contribution in [3.63, 3.8) is 0 Å². The Labute approximate surface area is 194 Å². The first-order valence-corrected chi connectivity index (χ1v) is 10.9. The molecule has 2 aromatic carbocycles. The smallest absolute Gasteiger partial charge is 0.420 e. The normalized spacial score (nSPS) is 20.0. The lowest BCUT2D eigenvalue weighted by Gasteiger charge is -2.27. The monoisotopic (exact) mass is 478 g/mol. The summed E-state index contributed by atoms with van der Waals surface area (Å²) in [6.07, 6.45) is -2.55. The topological polar surface area (TPSA) is 85.9 Å². The quantitative estimate of drug-likeness (QED) is 0.603. The van der Waals surface area contributed by atoms with E-state index in [-0.39, 0.29) is 48.1 Å². The molecular formula is C24H25F3N2O5. The fourth-order valence-electron chi connectivity index (χ4n) is 3.68. The van der Waals surface area contributed by atoms with E-state index >= 15 is 0 Å². The van der Waals surface area contributed by atoms with Crippen LogP contribution in [0.15, 0.2) is 42.5 Å². The molecule has 2 aliphatic rings. The zero-order valence-electron chi connectivity index (χ0n) is 18.5. The van der Waals surface area contributed by atoms with E-state index in [1.807, 2.05) is 0 Å². The maximum atomic E-state index is 13.4. The third kappa shape index (κ3) is 5.44. The summed E-state index contributed by atoms with van der Waals surface area (Å²) in [5, 5.41) is 5.68. The summed E-state index contributed by atoms with van der Waals surface area (Å²) in [4.78, 5) is 25.1. The van der Waals surface area contributed by atoms with Crippen molar-refractivity contribution in [3.8, 4) is 17.2 Å². The molecule has 0 radical (unpaired) electrons. The number of hydrogen-bond acceptors (Lipinski definition) is 5. The van der Waals surface area contributed by atoms with Gasteiger partial charge in [0.25, 0.3) is 0 Å². The Morgan fingerprint density at radius 3 is 2.41 bits per heavy atom. The SMILES string of the molecule is COc1ccc(Oc2ccc(CNC(=O)C3(NC(=O)C4CC4)CCOC3)cc2)c(C(F)(F)F)c1. The fourth-order valence-corrected chi connectivity index (χ4v) is 3.68. The number of amides is 2. The summed E-state index contributed by atoms with van der Waals surface area (Å²) in [6, 6.07) is 9.81. The molecule has 10 heteroatoms. The third-order valence-electron chi connectivity index (χ3n) is 5.86. The molecule has 1 aliphatic carbocycles. The number of nitrogens with one attached hydrogen (secondary N) is 2. The van der Waals surface area contributed by atoms with Crippen LogP contribution in [0.25, 0.3) is 0 Å². The van der Waals surface area contributed by atoms with Gasteiger partial charge in [0, 0.05) is 25.5 Å². The van der Waals surface area contributed by atoms with Gasteiger partial charge in [0.1, 0.15) is 28.4 Å². The van der Waals surface area contributed by atoms with E-state index in [0.717, 1.165) is 18.9 Å². The second-order valence-corrected chi connectivity index (χ2v) is 8.44. The zero-order chi connectivity index (χ0) is 24.3. The van der Waals surface area contributed by atoms with Gasteiger partial charge in [0.05, 0.1) is 13.7 Å². The van der Waals surface area contributed by atoms with E-state index in [9.17, 15) is 22.8 Å². The standard InChI is InChI=1S/C24H25F3N2O5/c1-32-18-8-9-20(19(12-18)24(25,26)27)34-17-6-2-15(3-7-17)13-28-22(31)23(10-11-33-14-23)29-21(30)16-4-5-16/h2-3,6-9,12,16H,4-5,10-11,13-14H2,1H3,(H,28,31)(H,29,30). The van der Waals surface area contributed by atoms with E-state index in [4.69, 9.17) is 14.2 Å². The van der Waals surface area contributed by atoms with Gasteiger partial charge < -0.3 is 24.8 Å². The van der Waals surface area contributed by atoms with Crippen molar-refractivity contribution in [3.05, 3.63) is 53.6 Å². The molecular weight excluding hydrogens is 453 g/mol. The molecule has 1 aliphatic heterocycles. The predicted octanol–water partition coefficient (Wildman–Crippen LogP) is 3.81. The van der Waals surface area contributed by atoms with Gasteiger partial charge in [0.15, 0.2) is 0 Å². The second kappa shape index (κ2) is 9.54. The van der Waals surface area contributed by atoms with Crippen LogP contribution in [0.4, 0.5) is 13.2 Å². The minimum absolute atomic E-state index is 0.0265. The molecule has 1 saturated carbocycles. The molecule has 1 heterocycles. The summed E-state index contributed by atoms with van der Waals surface area (Å²) >= 11 is 0. The molecule has 1 saturated heterocycles.